The minimum absolute atomic E-state index is 0.205. The third-order valence-corrected chi connectivity index (χ3v) is 6.07. The molecule has 35 heavy (non-hydrogen) atoms. The van der Waals surface area contributed by atoms with Crippen molar-refractivity contribution in [2.45, 2.75) is 6.92 Å². The summed E-state index contributed by atoms with van der Waals surface area (Å²) >= 11 is 1.21. The smallest absolute Gasteiger partial charge is 0.341 e. The number of carbonyl (C=O) groups is 3. The fraction of sp³-hybridized carbons (Fsp3) is 0.107. The molecule has 1 N–H and O–H groups in total. The zero-order chi connectivity index (χ0) is 24.6. The van der Waals surface area contributed by atoms with Gasteiger partial charge >= 0.3 is 11.9 Å². The molecule has 1 amide bonds. The number of amides is 1. The maximum Gasteiger partial charge on any atom is 0.341 e. The van der Waals surface area contributed by atoms with Crippen LogP contribution in [0.15, 0.2) is 84.3 Å². The average molecular weight is 486 g/mol. The largest absolute Gasteiger partial charge is 0.462 e. The molecule has 3 aromatic carbocycles. The Morgan fingerprint density at radius 1 is 0.914 bits per heavy atom. The van der Waals surface area contributed by atoms with Crippen LogP contribution in [0.4, 0.5) is 5.00 Å². The van der Waals surface area contributed by atoms with Crippen molar-refractivity contribution in [2.75, 3.05) is 18.5 Å². The number of hydrogen-bond acceptors (Lipinski definition) is 6. The summed E-state index contributed by atoms with van der Waals surface area (Å²) in [5, 5.41) is 6.87. The van der Waals surface area contributed by atoms with Crippen LogP contribution in [0.25, 0.3) is 28.0 Å². The quantitative estimate of drug-likeness (QED) is 0.247. The minimum atomic E-state index is -0.644. The first kappa shape index (κ1) is 23.9. The molecule has 0 bridgehead atoms. The first-order chi connectivity index (χ1) is 17.1. The number of carbonyl (C=O) groups excluding carboxylic acids is 3. The van der Waals surface area contributed by atoms with Crippen molar-refractivity contribution in [3.63, 3.8) is 0 Å². The Hall–Kier alpha value is -4.23. The van der Waals surface area contributed by atoms with Crippen molar-refractivity contribution in [3.05, 3.63) is 95.4 Å². The molecular formula is C28H23NO5S. The number of nitrogens with one attached hydrogen (secondary N) is 1. The van der Waals surface area contributed by atoms with Gasteiger partial charge in [0.25, 0.3) is 5.91 Å². The monoisotopic (exact) mass is 485 g/mol. The fourth-order valence-corrected chi connectivity index (χ4v) is 4.56. The second-order valence-corrected chi connectivity index (χ2v) is 8.38. The molecule has 4 rings (SSSR count). The van der Waals surface area contributed by atoms with E-state index in [-0.39, 0.29) is 12.2 Å². The van der Waals surface area contributed by atoms with E-state index in [0.717, 1.165) is 21.9 Å². The molecular weight excluding hydrogens is 462 g/mol. The molecule has 4 aromatic rings. The lowest BCUT2D eigenvalue weighted by molar-refractivity contribution is -0.142. The van der Waals surface area contributed by atoms with Gasteiger partial charge in [-0.1, -0.05) is 72.8 Å². The molecule has 0 aliphatic heterocycles. The van der Waals surface area contributed by atoms with Crippen LogP contribution < -0.4 is 5.32 Å². The van der Waals surface area contributed by atoms with E-state index in [4.69, 9.17) is 9.47 Å². The van der Waals surface area contributed by atoms with E-state index in [2.05, 4.69) is 5.32 Å². The van der Waals surface area contributed by atoms with E-state index in [1.54, 1.807) is 18.4 Å². The van der Waals surface area contributed by atoms with Crippen molar-refractivity contribution >= 4 is 51.0 Å². The first-order valence-electron chi connectivity index (χ1n) is 11.0. The Balaban J connectivity index is 1.42. The van der Waals surface area contributed by atoms with Crippen LogP contribution in [0.1, 0.15) is 22.8 Å². The summed E-state index contributed by atoms with van der Waals surface area (Å²) in [7, 11) is 0. The van der Waals surface area contributed by atoms with Crippen molar-refractivity contribution in [1.82, 2.24) is 0 Å². The number of esters is 2. The Kier molecular flexibility index (Phi) is 7.70. The zero-order valence-corrected chi connectivity index (χ0v) is 19.8. The van der Waals surface area contributed by atoms with Gasteiger partial charge in [-0.25, -0.2) is 9.59 Å². The number of fused-ring (bicyclic) bond motifs is 1. The van der Waals surface area contributed by atoms with Gasteiger partial charge in [0.2, 0.25) is 0 Å². The highest BCUT2D eigenvalue weighted by Gasteiger charge is 2.23. The van der Waals surface area contributed by atoms with Crippen LogP contribution in [-0.2, 0) is 19.1 Å². The van der Waals surface area contributed by atoms with Gasteiger partial charge in [-0.3, -0.25) is 4.79 Å². The topological polar surface area (TPSA) is 81.7 Å². The van der Waals surface area contributed by atoms with Crippen LogP contribution in [-0.4, -0.2) is 31.1 Å². The van der Waals surface area contributed by atoms with E-state index in [1.165, 1.54) is 17.4 Å². The summed E-state index contributed by atoms with van der Waals surface area (Å²) in [5.74, 6) is -1.73. The van der Waals surface area contributed by atoms with Crippen LogP contribution in [0.3, 0.4) is 0 Å². The summed E-state index contributed by atoms with van der Waals surface area (Å²) in [5.41, 5.74) is 2.64. The van der Waals surface area contributed by atoms with Gasteiger partial charge in [-0.15, -0.1) is 11.3 Å². The molecule has 6 nitrogen and oxygen atoms in total. The number of ether oxygens (including phenoxy) is 2. The Bertz CT molecular complexity index is 1390. The molecule has 176 valence electrons. The third kappa shape index (κ3) is 5.83. The summed E-state index contributed by atoms with van der Waals surface area (Å²) in [6, 6.07) is 23.0. The van der Waals surface area contributed by atoms with E-state index in [1.807, 2.05) is 72.8 Å². The van der Waals surface area contributed by atoms with Crippen LogP contribution in [0.5, 0.6) is 0 Å². The predicted molar refractivity (Wildman–Crippen MR) is 138 cm³/mol. The van der Waals surface area contributed by atoms with E-state index >= 15 is 0 Å². The molecule has 0 unspecified atom stereocenters. The minimum Gasteiger partial charge on any atom is -0.462 e. The summed E-state index contributed by atoms with van der Waals surface area (Å²) in [6.07, 6.45) is 2.95. The number of rotatable bonds is 8. The van der Waals surface area contributed by atoms with E-state index < -0.39 is 24.5 Å². The lowest BCUT2D eigenvalue weighted by Crippen LogP contribution is -2.21. The Morgan fingerprint density at radius 3 is 2.46 bits per heavy atom. The van der Waals surface area contributed by atoms with Gasteiger partial charge in [0.15, 0.2) is 6.61 Å². The number of anilines is 1. The van der Waals surface area contributed by atoms with Crippen molar-refractivity contribution in [3.8, 4) is 11.1 Å². The number of thiophene rings is 1. The van der Waals surface area contributed by atoms with Gasteiger partial charge in [-0.05, 0) is 34.9 Å². The second kappa shape index (κ2) is 11.3. The van der Waals surface area contributed by atoms with Crippen molar-refractivity contribution in [1.29, 1.82) is 0 Å². The highest BCUT2D eigenvalue weighted by Crippen LogP contribution is 2.36. The first-order valence-corrected chi connectivity index (χ1v) is 11.9. The van der Waals surface area contributed by atoms with Gasteiger partial charge in [0.05, 0.1) is 6.61 Å². The molecule has 0 saturated carbocycles. The molecule has 1 heterocycles. The molecule has 1 aromatic heterocycles. The normalized spacial score (nSPS) is 10.9. The Morgan fingerprint density at radius 2 is 1.66 bits per heavy atom. The zero-order valence-electron chi connectivity index (χ0n) is 19.0. The molecule has 0 saturated heterocycles. The van der Waals surface area contributed by atoms with E-state index in [9.17, 15) is 14.4 Å². The molecule has 0 atom stereocenters. The van der Waals surface area contributed by atoms with Gasteiger partial charge < -0.3 is 14.8 Å². The van der Waals surface area contributed by atoms with Gasteiger partial charge in [0, 0.05) is 17.0 Å². The summed E-state index contributed by atoms with van der Waals surface area (Å²) < 4.78 is 10.3. The van der Waals surface area contributed by atoms with Crippen LogP contribution in [0.2, 0.25) is 0 Å². The molecule has 0 spiro atoms. The SMILES string of the molecule is CCOC(=O)c1c(-c2ccccc2)csc1NC(=O)COC(=O)/C=C/c1cccc2ccccc12. The number of benzene rings is 3. The summed E-state index contributed by atoms with van der Waals surface area (Å²) in [4.78, 5) is 37.3. The molecule has 0 aliphatic rings. The summed E-state index contributed by atoms with van der Waals surface area (Å²) in [6.45, 7) is 1.44. The predicted octanol–water partition coefficient (Wildman–Crippen LogP) is 5.94. The molecule has 0 radical (unpaired) electrons. The van der Waals surface area contributed by atoms with Crippen LogP contribution >= 0.6 is 11.3 Å². The highest BCUT2D eigenvalue weighted by molar-refractivity contribution is 7.15. The molecule has 7 heteroatoms. The average Bonchev–Trinajstić information content (AvgIpc) is 3.30. The van der Waals surface area contributed by atoms with Crippen molar-refractivity contribution < 1.29 is 23.9 Å². The molecule has 0 fully saturated rings. The highest BCUT2D eigenvalue weighted by atomic mass is 32.1. The Labute approximate surface area is 206 Å². The molecule has 0 aliphatic carbocycles. The van der Waals surface area contributed by atoms with Gasteiger partial charge in [0.1, 0.15) is 10.6 Å². The fourth-order valence-electron chi connectivity index (χ4n) is 3.59. The van der Waals surface area contributed by atoms with Gasteiger partial charge in [-0.2, -0.15) is 0 Å². The van der Waals surface area contributed by atoms with E-state index in [0.29, 0.717) is 10.6 Å². The second-order valence-electron chi connectivity index (χ2n) is 7.50. The number of hydrogen-bond donors (Lipinski definition) is 1. The lowest BCUT2D eigenvalue weighted by Gasteiger charge is -2.09. The maximum absolute atomic E-state index is 12.6. The lowest BCUT2D eigenvalue weighted by atomic mass is 10.0. The van der Waals surface area contributed by atoms with Crippen LogP contribution in [0, 0.1) is 0 Å². The standard InChI is InChI=1S/C28H23NO5S/c1-2-33-28(32)26-23(20-9-4-3-5-10-20)18-35-27(26)29-24(30)17-34-25(31)16-15-21-13-8-12-19-11-6-7-14-22(19)21/h3-16,18H,2,17H2,1H3,(H,29,30)/b16-15+. The third-order valence-electron chi connectivity index (χ3n) is 5.18. The van der Waals surface area contributed by atoms with Crippen molar-refractivity contribution in [2.24, 2.45) is 0 Å². The maximum atomic E-state index is 12.6.